The summed E-state index contributed by atoms with van der Waals surface area (Å²) >= 11 is 0. The van der Waals surface area contributed by atoms with Crippen molar-refractivity contribution in [1.82, 2.24) is 0 Å². The highest BCUT2D eigenvalue weighted by Crippen LogP contribution is 2.43. The summed E-state index contributed by atoms with van der Waals surface area (Å²) in [6.45, 7) is 32.6. The highest BCUT2D eigenvalue weighted by Gasteiger charge is 2.60. The van der Waals surface area contributed by atoms with E-state index in [1.54, 1.807) is 64.0 Å². The van der Waals surface area contributed by atoms with E-state index in [1.807, 2.05) is 0 Å². The van der Waals surface area contributed by atoms with Crippen molar-refractivity contribution < 1.29 is 76.9 Å². The van der Waals surface area contributed by atoms with Crippen molar-refractivity contribution in [2.75, 3.05) is 64.0 Å². The first-order chi connectivity index (χ1) is 29.4. The van der Waals surface area contributed by atoms with Crippen LogP contribution in [0.25, 0.3) is 0 Å². The summed E-state index contributed by atoms with van der Waals surface area (Å²) in [7, 11) is -21.8. The van der Waals surface area contributed by atoms with Crippen LogP contribution in [-0.4, -0.2) is 176 Å². The lowest BCUT2D eigenvalue weighted by atomic mass is 10.9. The summed E-state index contributed by atoms with van der Waals surface area (Å²) in [5, 5.41) is 0. The fraction of sp³-hybridized carbons (Fsp3) is 1.00. The smallest absolute Gasteiger partial charge is 0.456 e. The molecule has 0 spiro atoms. The van der Waals surface area contributed by atoms with Gasteiger partial charge < -0.3 is 76.9 Å². The average molecular weight is 1150 g/mol. The zero-order chi connectivity index (χ0) is 50.3. The van der Waals surface area contributed by atoms with Gasteiger partial charge in [0.15, 0.2) is 16.6 Å². The molecule has 388 valence electrons. The molecule has 65 heavy (non-hydrogen) atoms. The van der Waals surface area contributed by atoms with Gasteiger partial charge >= 0.3 is 94.9 Å². The molecule has 0 aromatic rings. The summed E-state index contributed by atoms with van der Waals surface area (Å²) in [5.41, 5.74) is 0. The normalized spacial score (nSPS) is 29.2. The van der Waals surface area contributed by atoms with E-state index in [4.69, 9.17) is 76.9 Å². The van der Waals surface area contributed by atoms with Crippen LogP contribution in [0, 0.1) is 0 Å². The lowest BCUT2D eigenvalue weighted by Crippen LogP contribution is -2.68. The van der Waals surface area contributed by atoms with E-state index in [2.05, 4.69) is 98.2 Å². The minimum absolute atomic E-state index is 0.486. The highest BCUT2D eigenvalue weighted by atomic mass is 28.5. The van der Waals surface area contributed by atoms with Gasteiger partial charge in [-0.05, 0) is 141 Å². The van der Waals surface area contributed by atoms with Gasteiger partial charge in [0.25, 0.3) is 0 Å². The third-order valence-corrected chi connectivity index (χ3v) is 64.9. The van der Waals surface area contributed by atoms with Crippen molar-refractivity contribution in [2.24, 2.45) is 0 Å². The molecule has 0 aromatic heterocycles. The fourth-order valence-corrected chi connectivity index (χ4v) is 78.0. The van der Waals surface area contributed by atoms with Crippen LogP contribution < -0.4 is 0 Å². The van der Waals surface area contributed by atoms with Crippen LogP contribution >= 0.6 is 0 Å². The third-order valence-electron chi connectivity index (χ3n) is 12.0. The Bertz CT molecular complexity index is 1390. The largest absolute Gasteiger partial charge is 0.500 e. The summed E-state index contributed by atoms with van der Waals surface area (Å²) < 4.78 is 118. The molecule has 2 saturated heterocycles. The van der Waals surface area contributed by atoms with Gasteiger partial charge in [0.1, 0.15) is 0 Å². The lowest BCUT2D eigenvalue weighted by Gasteiger charge is -2.51. The molecule has 2 rings (SSSR count). The van der Waals surface area contributed by atoms with Crippen molar-refractivity contribution >= 4 is 112 Å². The zero-order valence-electron chi connectivity index (χ0n) is 44.9. The van der Waals surface area contributed by atoms with Crippen LogP contribution in [0.4, 0.5) is 0 Å². The molecule has 2 unspecified atom stereocenters. The molecule has 31 heteroatoms. The molecular weight excluding hydrogens is 1060 g/mol. The van der Waals surface area contributed by atoms with Gasteiger partial charge in [-0.2, -0.15) is 0 Å². The average Bonchev–Trinajstić information content (AvgIpc) is 3.16. The SMILES string of the molecule is CO[Si](CC[Si]1(C)O[Si](C)(CC[Si](C)(C)O[Si](C)(C)CC[Si]2(C)O[Si](C)(C)O[Si](C)(C)O[Si](C)(C)O2)O[Si](C)(CC[Si](OC)(OC)OC)O[Si](C)(CC[Si](OC)(OC)OC)O1)(OC)OC. The van der Waals surface area contributed by atoms with Crippen molar-refractivity contribution in [3.05, 3.63) is 0 Å². The number of hydrogen-bond donors (Lipinski definition) is 0. The van der Waals surface area contributed by atoms with Gasteiger partial charge in [0.05, 0.1) is 0 Å². The first kappa shape index (κ1) is 63.2. The lowest BCUT2D eigenvalue weighted by molar-refractivity contribution is 0.122. The maximum Gasteiger partial charge on any atom is 0.500 e. The molecule has 2 aliphatic heterocycles. The van der Waals surface area contributed by atoms with E-state index in [0.717, 1.165) is 18.1 Å². The van der Waals surface area contributed by atoms with E-state index < -0.39 is 112 Å². The Labute approximate surface area is 408 Å². The van der Waals surface area contributed by atoms with Gasteiger partial charge in [0, 0.05) is 82.1 Å². The van der Waals surface area contributed by atoms with Crippen LogP contribution in [0.5, 0.6) is 0 Å². The summed E-state index contributed by atoms with van der Waals surface area (Å²) in [6, 6.07) is 6.31. The van der Waals surface area contributed by atoms with Crippen LogP contribution in [-0.2, 0) is 76.9 Å². The van der Waals surface area contributed by atoms with Gasteiger partial charge in [0.2, 0.25) is 0 Å². The van der Waals surface area contributed by atoms with Crippen LogP contribution in [0.15, 0.2) is 0 Å². The molecule has 2 aliphatic rings. The zero-order valence-corrected chi connectivity index (χ0v) is 57.9. The molecule has 0 aromatic carbocycles. The van der Waals surface area contributed by atoms with Crippen LogP contribution in [0.3, 0.4) is 0 Å². The van der Waals surface area contributed by atoms with E-state index in [9.17, 15) is 0 Å². The summed E-state index contributed by atoms with van der Waals surface area (Å²) in [4.78, 5) is 0. The predicted octanol–water partition coefficient (Wildman–Crippen LogP) is 8.67. The molecule has 18 nitrogen and oxygen atoms in total. The Morgan fingerprint density at radius 2 is 0.462 bits per heavy atom. The van der Waals surface area contributed by atoms with E-state index in [-0.39, 0.29) is 0 Å². The van der Waals surface area contributed by atoms with Crippen molar-refractivity contribution in [1.29, 1.82) is 0 Å². The second-order valence-electron chi connectivity index (χ2n) is 20.7. The molecule has 2 fully saturated rings. The highest BCUT2D eigenvalue weighted by molar-refractivity contribution is 6.96. The minimum atomic E-state index is -3.18. The number of rotatable bonds is 26. The van der Waals surface area contributed by atoms with E-state index in [1.165, 1.54) is 0 Å². The monoisotopic (exact) mass is 1150 g/mol. The van der Waals surface area contributed by atoms with Gasteiger partial charge in [-0.15, -0.1) is 0 Å². The number of hydrogen-bond acceptors (Lipinski definition) is 18. The van der Waals surface area contributed by atoms with Crippen LogP contribution in [0.1, 0.15) is 0 Å². The van der Waals surface area contributed by atoms with E-state index >= 15 is 0 Å². The van der Waals surface area contributed by atoms with Gasteiger partial charge in [-0.25, -0.2) is 0 Å². The summed E-state index contributed by atoms with van der Waals surface area (Å²) in [6.07, 6.45) is 0. The molecule has 0 saturated carbocycles. The molecule has 2 atom stereocenters. The van der Waals surface area contributed by atoms with Crippen molar-refractivity contribution in [3.63, 3.8) is 0 Å². The Morgan fingerprint density at radius 3 is 0.677 bits per heavy atom. The molecule has 0 radical (unpaired) electrons. The molecule has 0 aliphatic carbocycles. The summed E-state index contributed by atoms with van der Waals surface area (Å²) in [5.74, 6) is 0. The first-order valence-electron chi connectivity index (χ1n) is 22.7. The van der Waals surface area contributed by atoms with Gasteiger partial charge in [-0.1, -0.05) is 0 Å². The maximum atomic E-state index is 7.60. The van der Waals surface area contributed by atoms with Crippen molar-refractivity contribution in [3.8, 4) is 0 Å². The molecule has 2 heterocycles. The van der Waals surface area contributed by atoms with Crippen molar-refractivity contribution in [2.45, 2.75) is 159 Å². The van der Waals surface area contributed by atoms with Crippen LogP contribution in [0.2, 0.25) is 159 Å². The Hall–Kier alpha value is 2.10. The Balaban J connectivity index is 2.58. The minimum Gasteiger partial charge on any atom is -0.456 e. The third kappa shape index (κ3) is 19.5. The molecule has 0 bridgehead atoms. The molecule has 0 amide bonds. The second-order valence-corrected chi connectivity index (χ2v) is 67.6. The van der Waals surface area contributed by atoms with E-state index in [0.29, 0.717) is 42.3 Å². The second kappa shape index (κ2) is 24.0. The Morgan fingerprint density at radius 1 is 0.277 bits per heavy atom. The fourth-order valence-electron chi connectivity index (χ4n) is 9.44. The topological polar surface area (TPSA) is 166 Å². The quantitative estimate of drug-likeness (QED) is 0.0755. The standard InChI is InChI=1S/C34H92O18Si13/c1-35-63(36-2,37-3)32-29-60(22)49-59(21,50-61(23,30-33-64(38-4,39-5)40-6)52-62(24,51-60)31-34-65(41-7,42-8)43-9)28-26-54(12,13)44-53(10,11)25-27-58(20)47-56(16,17)45-55(14,15)46-57(18,19)48-58/h25-34H2,1-24H3. The predicted molar refractivity (Wildman–Crippen MR) is 284 cm³/mol. The maximum absolute atomic E-state index is 7.60. The molecule has 0 N–H and O–H groups in total. The van der Waals surface area contributed by atoms with Gasteiger partial charge in [-0.3, -0.25) is 0 Å². The Kier molecular flexibility index (Phi) is 23.3. The first-order valence-corrected chi connectivity index (χ1v) is 55.8. The molecular formula is C34H92O18Si13.